The number of nitrogens with one attached hydrogen (secondary N) is 1. The lowest BCUT2D eigenvalue weighted by molar-refractivity contribution is 0.0952. The Labute approximate surface area is 141 Å². The third-order valence-corrected chi connectivity index (χ3v) is 3.98. The van der Waals surface area contributed by atoms with Crippen LogP contribution in [0.2, 0.25) is 0 Å². The van der Waals surface area contributed by atoms with Crippen molar-refractivity contribution in [2.24, 2.45) is 0 Å². The van der Waals surface area contributed by atoms with Gasteiger partial charge >= 0.3 is 0 Å². The summed E-state index contributed by atoms with van der Waals surface area (Å²) < 4.78 is 13.0. The summed E-state index contributed by atoms with van der Waals surface area (Å²) in [6.45, 7) is 0.476. The second kappa shape index (κ2) is 7.55. The van der Waals surface area contributed by atoms with Crippen LogP contribution in [0, 0.1) is 5.82 Å². The number of carbonyl (C=O) groups excluding carboxylic acids is 1. The molecule has 2 nitrogen and oxygen atoms in total. The van der Waals surface area contributed by atoms with E-state index < -0.39 is 0 Å². The summed E-state index contributed by atoms with van der Waals surface area (Å²) in [6, 6.07) is 25.7. The van der Waals surface area contributed by atoms with Crippen LogP contribution in [0.3, 0.4) is 0 Å². The molecule has 3 rings (SSSR count). The van der Waals surface area contributed by atoms with Gasteiger partial charge in [0.15, 0.2) is 0 Å². The molecule has 0 aromatic heterocycles. The van der Waals surface area contributed by atoms with Crippen molar-refractivity contribution in [1.29, 1.82) is 0 Å². The number of benzene rings is 3. The molecular weight excluding hydrogens is 301 g/mol. The highest BCUT2D eigenvalue weighted by molar-refractivity contribution is 5.94. The van der Waals surface area contributed by atoms with Crippen LogP contribution in [0.4, 0.5) is 4.39 Å². The molecule has 1 amide bonds. The van der Waals surface area contributed by atoms with E-state index in [4.69, 9.17) is 0 Å². The quantitative estimate of drug-likeness (QED) is 0.742. The van der Waals surface area contributed by atoms with E-state index >= 15 is 0 Å². The Morgan fingerprint density at radius 2 is 1.29 bits per heavy atom. The first-order valence-corrected chi connectivity index (χ1v) is 7.87. The zero-order valence-corrected chi connectivity index (χ0v) is 13.2. The molecule has 0 saturated heterocycles. The Balaban J connectivity index is 1.77. The van der Waals surface area contributed by atoms with Gasteiger partial charge in [0.05, 0.1) is 0 Å². The van der Waals surface area contributed by atoms with E-state index in [0.29, 0.717) is 12.1 Å². The average molecular weight is 319 g/mol. The van der Waals surface area contributed by atoms with Gasteiger partial charge in [-0.3, -0.25) is 4.79 Å². The molecule has 3 aromatic carbocycles. The molecule has 0 aliphatic carbocycles. The minimum Gasteiger partial charge on any atom is -0.351 e. The maximum absolute atomic E-state index is 13.0. The van der Waals surface area contributed by atoms with E-state index in [1.54, 1.807) is 0 Å². The largest absolute Gasteiger partial charge is 0.351 e. The van der Waals surface area contributed by atoms with Gasteiger partial charge in [-0.15, -0.1) is 0 Å². The normalized spacial score (nSPS) is 10.6. The Kier molecular flexibility index (Phi) is 5.02. The predicted molar refractivity (Wildman–Crippen MR) is 93.5 cm³/mol. The Morgan fingerprint density at radius 3 is 1.79 bits per heavy atom. The number of hydrogen-bond acceptors (Lipinski definition) is 1. The molecule has 0 heterocycles. The molecule has 120 valence electrons. The number of amides is 1. The summed E-state index contributed by atoms with van der Waals surface area (Å²) in [5.74, 6) is -0.485. The van der Waals surface area contributed by atoms with Crippen molar-refractivity contribution >= 4 is 5.91 Å². The number of rotatable bonds is 5. The third kappa shape index (κ3) is 3.87. The maximum atomic E-state index is 13.0. The van der Waals surface area contributed by atoms with Crippen molar-refractivity contribution < 1.29 is 9.18 Å². The summed E-state index contributed by atoms with van der Waals surface area (Å²) in [7, 11) is 0. The van der Waals surface area contributed by atoms with Crippen molar-refractivity contribution in [2.45, 2.75) is 5.92 Å². The van der Waals surface area contributed by atoms with Crippen molar-refractivity contribution in [3.05, 3.63) is 107 Å². The van der Waals surface area contributed by atoms with Crippen LogP contribution >= 0.6 is 0 Å². The van der Waals surface area contributed by atoms with Crippen LogP contribution < -0.4 is 5.32 Å². The molecule has 0 spiro atoms. The van der Waals surface area contributed by atoms with Crippen molar-refractivity contribution in [1.82, 2.24) is 5.32 Å². The molecule has 24 heavy (non-hydrogen) atoms. The first-order valence-electron chi connectivity index (χ1n) is 7.87. The Hall–Kier alpha value is -2.94. The van der Waals surface area contributed by atoms with Gasteiger partial charge < -0.3 is 5.32 Å². The topological polar surface area (TPSA) is 29.1 Å². The van der Waals surface area contributed by atoms with Gasteiger partial charge in [0.25, 0.3) is 5.91 Å². The van der Waals surface area contributed by atoms with Crippen LogP contribution in [0.1, 0.15) is 27.4 Å². The minimum absolute atomic E-state index is 0.0665. The van der Waals surface area contributed by atoms with Gasteiger partial charge in [-0.1, -0.05) is 60.7 Å². The lowest BCUT2D eigenvalue weighted by Crippen LogP contribution is -2.28. The molecular formula is C21H18FNO. The molecule has 0 bridgehead atoms. The fourth-order valence-corrected chi connectivity index (χ4v) is 2.70. The van der Waals surface area contributed by atoms with Gasteiger partial charge in [0, 0.05) is 18.0 Å². The Morgan fingerprint density at radius 1 is 0.792 bits per heavy atom. The lowest BCUT2D eigenvalue weighted by Gasteiger charge is -2.19. The molecule has 0 aliphatic heterocycles. The standard InChI is InChI=1S/C21H18FNO/c22-19-13-11-18(12-14-19)21(24)23-15-20(16-7-3-1-4-8-16)17-9-5-2-6-10-17/h1-14,20H,15H2,(H,23,24). The van der Waals surface area contributed by atoms with Gasteiger partial charge in [-0.2, -0.15) is 0 Å². The first-order chi connectivity index (χ1) is 11.7. The van der Waals surface area contributed by atoms with Crippen LogP contribution in [0.15, 0.2) is 84.9 Å². The zero-order valence-electron chi connectivity index (χ0n) is 13.2. The van der Waals surface area contributed by atoms with Gasteiger partial charge in [-0.05, 0) is 35.4 Å². The van der Waals surface area contributed by atoms with Gasteiger partial charge in [-0.25, -0.2) is 4.39 Å². The average Bonchev–Trinajstić information content (AvgIpc) is 2.64. The molecule has 0 fully saturated rings. The summed E-state index contributed by atoms with van der Waals surface area (Å²) in [6.07, 6.45) is 0. The summed E-state index contributed by atoms with van der Waals surface area (Å²) in [4.78, 5) is 12.3. The van der Waals surface area contributed by atoms with Crippen LogP contribution in [0.25, 0.3) is 0 Å². The SMILES string of the molecule is O=C(NCC(c1ccccc1)c1ccccc1)c1ccc(F)cc1. The highest BCUT2D eigenvalue weighted by Crippen LogP contribution is 2.23. The molecule has 0 aliphatic rings. The molecule has 0 atom stereocenters. The monoisotopic (exact) mass is 319 g/mol. The summed E-state index contributed by atoms with van der Waals surface area (Å²) >= 11 is 0. The first kappa shape index (κ1) is 15.9. The number of halogens is 1. The highest BCUT2D eigenvalue weighted by Gasteiger charge is 2.15. The molecule has 1 N–H and O–H groups in total. The molecule has 0 unspecified atom stereocenters. The van der Waals surface area contributed by atoms with E-state index in [1.807, 2.05) is 36.4 Å². The highest BCUT2D eigenvalue weighted by atomic mass is 19.1. The second-order valence-electron chi connectivity index (χ2n) is 5.59. The summed E-state index contributed by atoms with van der Waals surface area (Å²) in [5.41, 5.74) is 2.74. The van der Waals surface area contributed by atoms with E-state index in [9.17, 15) is 9.18 Å². The zero-order chi connectivity index (χ0) is 16.8. The molecule has 0 saturated carbocycles. The van der Waals surface area contributed by atoms with Crippen LogP contribution in [0.5, 0.6) is 0 Å². The molecule has 3 aromatic rings. The third-order valence-electron chi connectivity index (χ3n) is 3.98. The minimum atomic E-state index is -0.349. The van der Waals surface area contributed by atoms with Crippen LogP contribution in [-0.4, -0.2) is 12.5 Å². The van der Waals surface area contributed by atoms with E-state index in [0.717, 1.165) is 11.1 Å². The predicted octanol–water partition coefficient (Wildman–Crippen LogP) is 4.39. The lowest BCUT2D eigenvalue weighted by atomic mass is 9.91. The van der Waals surface area contributed by atoms with Crippen molar-refractivity contribution in [3.63, 3.8) is 0 Å². The maximum Gasteiger partial charge on any atom is 0.251 e. The smallest absolute Gasteiger partial charge is 0.251 e. The van der Waals surface area contributed by atoms with E-state index in [1.165, 1.54) is 24.3 Å². The fourth-order valence-electron chi connectivity index (χ4n) is 2.70. The molecule has 3 heteroatoms. The number of carbonyl (C=O) groups is 1. The Bertz CT molecular complexity index is 746. The second-order valence-corrected chi connectivity index (χ2v) is 5.59. The number of hydrogen-bond donors (Lipinski definition) is 1. The van der Waals surface area contributed by atoms with Crippen molar-refractivity contribution in [2.75, 3.05) is 6.54 Å². The van der Waals surface area contributed by atoms with Gasteiger partial charge in [0.1, 0.15) is 5.82 Å². The van der Waals surface area contributed by atoms with Crippen LogP contribution in [-0.2, 0) is 0 Å². The van der Waals surface area contributed by atoms with E-state index in [-0.39, 0.29) is 17.6 Å². The van der Waals surface area contributed by atoms with E-state index in [2.05, 4.69) is 29.6 Å². The summed E-state index contributed by atoms with van der Waals surface area (Å²) in [5, 5.41) is 2.95. The van der Waals surface area contributed by atoms with Crippen molar-refractivity contribution in [3.8, 4) is 0 Å². The molecule has 0 radical (unpaired) electrons. The fraction of sp³-hybridized carbons (Fsp3) is 0.0952. The van der Waals surface area contributed by atoms with Gasteiger partial charge in [0.2, 0.25) is 0 Å².